The van der Waals surface area contributed by atoms with Crippen molar-refractivity contribution >= 4 is 34.8 Å². The zero-order chi connectivity index (χ0) is 20.1. The first-order valence-electron chi connectivity index (χ1n) is 8.30. The molecule has 7 heteroatoms. The van der Waals surface area contributed by atoms with Gasteiger partial charge in [0.2, 0.25) is 0 Å². The summed E-state index contributed by atoms with van der Waals surface area (Å²) in [6, 6.07) is 15.2. The SMILES string of the molecule is Cc1ccc(NC(=O)c2cncc(C(=O)Nc3cccc(C#N)c3)c2)cc1Cl. The second kappa shape index (κ2) is 8.33. The maximum absolute atomic E-state index is 12.5. The number of pyridine rings is 1. The van der Waals surface area contributed by atoms with Crippen molar-refractivity contribution < 1.29 is 9.59 Å². The molecule has 28 heavy (non-hydrogen) atoms. The number of hydrogen-bond donors (Lipinski definition) is 2. The van der Waals surface area contributed by atoms with Crippen LogP contribution in [-0.4, -0.2) is 16.8 Å². The first kappa shape index (κ1) is 19.1. The summed E-state index contributed by atoms with van der Waals surface area (Å²) in [7, 11) is 0. The van der Waals surface area contributed by atoms with Gasteiger partial charge < -0.3 is 10.6 Å². The molecule has 0 atom stereocenters. The zero-order valence-electron chi connectivity index (χ0n) is 14.9. The number of nitrogens with zero attached hydrogens (tertiary/aromatic N) is 2. The van der Waals surface area contributed by atoms with Gasteiger partial charge in [-0.05, 0) is 48.9 Å². The Morgan fingerprint density at radius 2 is 1.61 bits per heavy atom. The van der Waals surface area contributed by atoms with Gasteiger partial charge in [0.1, 0.15) is 0 Å². The van der Waals surface area contributed by atoms with Crippen LogP contribution in [0.1, 0.15) is 31.8 Å². The van der Waals surface area contributed by atoms with Crippen LogP contribution < -0.4 is 10.6 Å². The minimum absolute atomic E-state index is 0.219. The fourth-order valence-electron chi connectivity index (χ4n) is 2.43. The Bertz CT molecular complexity index is 1110. The van der Waals surface area contributed by atoms with Gasteiger partial charge >= 0.3 is 0 Å². The number of nitriles is 1. The first-order chi connectivity index (χ1) is 13.5. The van der Waals surface area contributed by atoms with Gasteiger partial charge in [-0.15, -0.1) is 0 Å². The van der Waals surface area contributed by atoms with Gasteiger partial charge in [-0.3, -0.25) is 14.6 Å². The highest BCUT2D eigenvalue weighted by molar-refractivity contribution is 6.31. The standard InChI is InChI=1S/C21H15ClN4O2/c1-13-5-6-18(9-19(13)22)26-21(28)16-8-15(11-24-12-16)20(27)25-17-4-2-3-14(7-17)10-23/h2-9,11-12H,1H3,(H,25,27)(H,26,28). The van der Waals surface area contributed by atoms with Crippen LogP contribution in [0.3, 0.4) is 0 Å². The molecule has 0 saturated heterocycles. The van der Waals surface area contributed by atoms with E-state index < -0.39 is 11.8 Å². The van der Waals surface area contributed by atoms with E-state index >= 15 is 0 Å². The minimum atomic E-state index is -0.435. The van der Waals surface area contributed by atoms with E-state index in [1.807, 2.05) is 13.0 Å². The molecule has 2 amide bonds. The van der Waals surface area contributed by atoms with Crippen LogP contribution in [0, 0.1) is 18.3 Å². The molecule has 0 aliphatic carbocycles. The summed E-state index contributed by atoms with van der Waals surface area (Å²) < 4.78 is 0. The van der Waals surface area contributed by atoms with Crippen molar-refractivity contribution in [2.45, 2.75) is 6.92 Å². The largest absolute Gasteiger partial charge is 0.322 e. The molecule has 0 saturated carbocycles. The normalized spacial score (nSPS) is 10.0. The van der Waals surface area contributed by atoms with Gasteiger partial charge in [0.05, 0.1) is 22.8 Å². The molecular weight excluding hydrogens is 376 g/mol. The summed E-state index contributed by atoms with van der Waals surface area (Å²) in [5.41, 5.74) is 2.81. The molecular formula is C21H15ClN4O2. The van der Waals surface area contributed by atoms with E-state index in [-0.39, 0.29) is 11.1 Å². The summed E-state index contributed by atoms with van der Waals surface area (Å²) in [5.74, 6) is -0.843. The molecule has 2 N–H and O–H groups in total. The van der Waals surface area contributed by atoms with Gasteiger partial charge in [0.15, 0.2) is 0 Å². The molecule has 3 rings (SSSR count). The summed E-state index contributed by atoms with van der Waals surface area (Å²) in [6.07, 6.45) is 2.74. The Morgan fingerprint density at radius 1 is 0.964 bits per heavy atom. The Labute approximate surface area is 166 Å². The molecule has 0 bridgehead atoms. The molecule has 1 heterocycles. The maximum Gasteiger partial charge on any atom is 0.257 e. The summed E-state index contributed by atoms with van der Waals surface area (Å²) in [6.45, 7) is 1.87. The lowest BCUT2D eigenvalue weighted by atomic mass is 10.1. The van der Waals surface area contributed by atoms with Crippen molar-refractivity contribution in [1.82, 2.24) is 4.98 Å². The topological polar surface area (TPSA) is 94.9 Å². The molecule has 0 aliphatic rings. The number of halogens is 1. The van der Waals surface area contributed by atoms with Gasteiger partial charge in [-0.25, -0.2) is 0 Å². The van der Waals surface area contributed by atoms with Crippen molar-refractivity contribution in [2.24, 2.45) is 0 Å². The Kier molecular flexibility index (Phi) is 5.68. The van der Waals surface area contributed by atoms with Crippen molar-refractivity contribution in [3.8, 4) is 6.07 Å². The molecule has 0 fully saturated rings. The first-order valence-corrected chi connectivity index (χ1v) is 8.68. The summed E-state index contributed by atoms with van der Waals surface area (Å²) in [5, 5.41) is 14.9. The van der Waals surface area contributed by atoms with Gasteiger partial charge in [0.25, 0.3) is 11.8 Å². The Morgan fingerprint density at radius 3 is 2.21 bits per heavy atom. The number of amides is 2. The second-order valence-corrected chi connectivity index (χ2v) is 6.43. The van der Waals surface area contributed by atoms with E-state index in [1.54, 1.807) is 42.5 Å². The van der Waals surface area contributed by atoms with Crippen molar-refractivity contribution in [3.63, 3.8) is 0 Å². The average molecular weight is 391 g/mol. The highest BCUT2D eigenvalue weighted by atomic mass is 35.5. The number of benzene rings is 2. The number of carbonyl (C=O) groups excluding carboxylic acids is 2. The number of aromatic nitrogens is 1. The molecule has 0 spiro atoms. The zero-order valence-corrected chi connectivity index (χ0v) is 15.6. The lowest BCUT2D eigenvalue weighted by Crippen LogP contribution is -2.16. The summed E-state index contributed by atoms with van der Waals surface area (Å²) in [4.78, 5) is 28.9. The molecule has 6 nitrogen and oxygen atoms in total. The molecule has 1 aromatic heterocycles. The van der Waals surface area contributed by atoms with E-state index in [2.05, 4.69) is 15.6 Å². The van der Waals surface area contributed by atoms with E-state index in [0.717, 1.165) is 5.56 Å². The van der Waals surface area contributed by atoms with Gasteiger partial charge in [0, 0.05) is 28.8 Å². The number of aryl methyl sites for hydroxylation is 1. The van der Waals surface area contributed by atoms with Crippen LogP contribution in [0.15, 0.2) is 60.9 Å². The van der Waals surface area contributed by atoms with Crippen molar-refractivity contribution in [1.29, 1.82) is 5.26 Å². The van der Waals surface area contributed by atoms with Crippen LogP contribution in [0.2, 0.25) is 5.02 Å². The number of rotatable bonds is 4. The molecule has 2 aromatic carbocycles. The molecule has 0 aliphatic heterocycles. The van der Waals surface area contributed by atoms with Crippen molar-refractivity contribution in [3.05, 3.63) is 88.2 Å². The van der Waals surface area contributed by atoms with Crippen LogP contribution in [-0.2, 0) is 0 Å². The third-order valence-electron chi connectivity index (χ3n) is 3.94. The molecule has 0 unspecified atom stereocenters. The van der Waals surface area contributed by atoms with E-state index in [9.17, 15) is 9.59 Å². The number of hydrogen-bond acceptors (Lipinski definition) is 4. The predicted molar refractivity (Wildman–Crippen MR) is 107 cm³/mol. The molecule has 3 aromatic rings. The third kappa shape index (κ3) is 4.53. The second-order valence-electron chi connectivity index (χ2n) is 6.03. The highest BCUT2D eigenvalue weighted by Gasteiger charge is 2.13. The number of carbonyl (C=O) groups is 2. The number of anilines is 2. The Balaban J connectivity index is 1.75. The van der Waals surface area contributed by atoms with Gasteiger partial charge in [-0.2, -0.15) is 5.26 Å². The quantitative estimate of drug-likeness (QED) is 0.689. The molecule has 0 radical (unpaired) electrons. The van der Waals surface area contributed by atoms with E-state index in [0.29, 0.717) is 22.0 Å². The fourth-order valence-corrected chi connectivity index (χ4v) is 2.61. The fraction of sp³-hybridized carbons (Fsp3) is 0.0476. The monoisotopic (exact) mass is 390 g/mol. The predicted octanol–water partition coefficient (Wildman–Crippen LogP) is 4.42. The smallest absolute Gasteiger partial charge is 0.257 e. The van der Waals surface area contributed by atoms with Crippen molar-refractivity contribution in [2.75, 3.05) is 10.6 Å². The third-order valence-corrected chi connectivity index (χ3v) is 4.35. The van der Waals surface area contributed by atoms with Crippen LogP contribution in [0.25, 0.3) is 0 Å². The van der Waals surface area contributed by atoms with Crippen LogP contribution in [0.4, 0.5) is 11.4 Å². The van der Waals surface area contributed by atoms with E-state index in [4.69, 9.17) is 16.9 Å². The number of nitrogens with one attached hydrogen (secondary N) is 2. The Hall–Kier alpha value is -3.69. The minimum Gasteiger partial charge on any atom is -0.322 e. The van der Waals surface area contributed by atoms with Crippen LogP contribution >= 0.6 is 11.6 Å². The van der Waals surface area contributed by atoms with Crippen LogP contribution in [0.5, 0.6) is 0 Å². The lowest BCUT2D eigenvalue weighted by molar-refractivity contribution is 0.102. The highest BCUT2D eigenvalue weighted by Crippen LogP contribution is 2.20. The maximum atomic E-state index is 12.5. The molecule has 138 valence electrons. The lowest BCUT2D eigenvalue weighted by Gasteiger charge is -2.09. The summed E-state index contributed by atoms with van der Waals surface area (Å²) >= 11 is 6.07. The van der Waals surface area contributed by atoms with E-state index in [1.165, 1.54) is 18.5 Å². The average Bonchev–Trinajstić information content (AvgIpc) is 2.71. The van der Waals surface area contributed by atoms with Gasteiger partial charge in [-0.1, -0.05) is 23.7 Å².